The predicted molar refractivity (Wildman–Crippen MR) is 112 cm³/mol. The normalized spacial score (nSPS) is 11.4. The second-order valence-electron chi connectivity index (χ2n) is 6.61. The molecular formula is C22H18N2O4S. The quantitative estimate of drug-likeness (QED) is 0.502. The zero-order chi connectivity index (χ0) is 20.4. The van der Waals surface area contributed by atoms with Crippen molar-refractivity contribution in [1.29, 1.82) is 0 Å². The Morgan fingerprint density at radius 1 is 0.897 bits per heavy atom. The van der Waals surface area contributed by atoms with Crippen LogP contribution in [-0.4, -0.2) is 24.1 Å². The summed E-state index contributed by atoms with van der Waals surface area (Å²) in [4.78, 5) is 11.1. The largest absolute Gasteiger partial charge is 0.480 e. The van der Waals surface area contributed by atoms with E-state index in [1.54, 1.807) is 59.3 Å². The van der Waals surface area contributed by atoms with Crippen LogP contribution >= 0.6 is 0 Å². The lowest BCUT2D eigenvalue weighted by atomic mass is 10.1. The molecule has 0 fully saturated rings. The number of rotatable bonds is 6. The topological polar surface area (TPSA) is 88.4 Å². The van der Waals surface area contributed by atoms with Gasteiger partial charge < -0.3 is 9.67 Å². The molecule has 2 N–H and O–H groups in total. The van der Waals surface area contributed by atoms with Gasteiger partial charge in [-0.15, -0.1) is 0 Å². The van der Waals surface area contributed by atoms with E-state index in [0.717, 1.165) is 22.0 Å². The highest BCUT2D eigenvalue weighted by atomic mass is 32.2. The maximum atomic E-state index is 12.7. The van der Waals surface area contributed by atoms with Crippen LogP contribution in [0.3, 0.4) is 0 Å². The number of carboxylic acids is 1. The molecule has 4 rings (SSSR count). The highest BCUT2D eigenvalue weighted by molar-refractivity contribution is 7.92. The van der Waals surface area contributed by atoms with E-state index < -0.39 is 16.0 Å². The van der Waals surface area contributed by atoms with Crippen molar-refractivity contribution in [2.75, 3.05) is 4.72 Å². The predicted octanol–water partition coefficient (Wildman–Crippen LogP) is 4.19. The van der Waals surface area contributed by atoms with Gasteiger partial charge in [0, 0.05) is 22.8 Å². The molecule has 0 amide bonds. The van der Waals surface area contributed by atoms with Crippen LogP contribution in [0.5, 0.6) is 0 Å². The fourth-order valence-corrected chi connectivity index (χ4v) is 4.27. The van der Waals surface area contributed by atoms with Crippen molar-refractivity contribution in [2.45, 2.75) is 11.4 Å². The first-order chi connectivity index (χ1) is 13.9. The first-order valence-corrected chi connectivity index (χ1v) is 10.4. The number of nitrogens with zero attached hydrogens (tertiary/aromatic N) is 1. The molecule has 0 spiro atoms. The molecule has 0 aliphatic rings. The van der Waals surface area contributed by atoms with Gasteiger partial charge in [0.15, 0.2) is 0 Å². The van der Waals surface area contributed by atoms with Gasteiger partial charge in [0.05, 0.1) is 4.90 Å². The molecular weight excluding hydrogens is 388 g/mol. The van der Waals surface area contributed by atoms with Crippen molar-refractivity contribution < 1.29 is 18.3 Å². The number of nitrogens with one attached hydrogen (secondary N) is 1. The van der Waals surface area contributed by atoms with Gasteiger partial charge in [-0.2, -0.15) is 0 Å². The third-order valence-corrected chi connectivity index (χ3v) is 6.00. The second kappa shape index (κ2) is 7.44. The molecule has 146 valence electrons. The summed E-state index contributed by atoms with van der Waals surface area (Å²) >= 11 is 0. The number of sulfonamides is 1. The van der Waals surface area contributed by atoms with Crippen molar-refractivity contribution >= 4 is 32.6 Å². The number of benzene rings is 3. The lowest BCUT2D eigenvalue weighted by Crippen LogP contribution is -2.12. The third-order valence-electron chi connectivity index (χ3n) is 4.60. The summed E-state index contributed by atoms with van der Waals surface area (Å²) < 4.78 is 29.7. The molecule has 29 heavy (non-hydrogen) atoms. The Labute approximate surface area is 168 Å². The maximum absolute atomic E-state index is 12.7. The van der Waals surface area contributed by atoms with Crippen LogP contribution in [0.25, 0.3) is 22.0 Å². The summed E-state index contributed by atoms with van der Waals surface area (Å²) in [6.07, 6.45) is 1.67. The van der Waals surface area contributed by atoms with E-state index in [4.69, 9.17) is 5.11 Å². The van der Waals surface area contributed by atoms with Gasteiger partial charge in [0.25, 0.3) is 10.0 Å². The van der Waals surface area contributed by atoms with E-state index in [0.29, 0.717) is 5.69 Å². The number of hydrogen-bond acceptors (Lipinski definition) is 3. The Morgan fingerprint density at radius 2 is 1.59 bits per heavy atom. The number of carboxylic acid groups (broad SMARTS) is 1. The minimum Gasteiger partial charge on any atom is -0.480 e. The zero-order valence-corrected chi connectivity index (χ0v) is 16.1. The van der Waals surface area contributed by atoms with Crippen molar-refractivity contribution in [3.05, 3.63) is 85.1 Å². The van der Waals surface area contributed by atoms with Gasteiger partial charge >= 0.3 is 5.97 Å². The second-order valence-corrected chi connectivity index (χ2v) is 8.29. The standard InChI is InChI=1S/C22H18N2O4S/c25-22(26)15-24-13-12-18-14-19(8-11-21(18)24)23-29(27,28)20-9-6-17(7-10-20)16-4-2-1-3-5-16/h1-14,23H,15H2,(H,25,26). The number of aliphatic carboxylic acids is 1. The Kier molecular flexibility index (Phi) is 4.82. The third kappa shape index (κ3) is 4.00. The van der Waals surface area contributed by atoms with Gasteiger partial charge in [0.2, 0.25) is 0 Å². The van der Waals surface area contributed by atoms with E-state index in [2.05, 4.69) is 4.72 Å². The number of hydrogen-bond donors (Lipinski definition) is 2. The molecule has 3 aromatic carbocycles. The molecule has 1 heterocycles. The van der Waals surface area contributed by atoms with Crippen LogP contribution in [-0.2, 0) is 21.4 Å². The Bertz CT molecular complexity index is 1280. The first kappa shape index (κ1) is 18.8. The van der Waals surface area contributed by atoms with Crippen LogP contribution < -0.4 is 4.72 Å². The van der Waals surface area contributed by atoms with Crippen molar-refractivity contribution in [3.63, 3.8) is 0 Å². The lowest BCUT2D eigenvalue weighted by molar-refractivity contribution is -0.137. The minimum absolute atomic E-state index is 0.150. The van der Waals surface area contributed by atoms with Crippen molar-refractivity contribution in [1.82, 2.24) is 4.57 Å². The van der Waals surface area contributed by atoms with Gasteiger partial charge in [-0.05, 0) is 47.5 Å². The highest BCUT2D eigenvalue weighted by Crippen LogP contribution is 2.25. The Balaban J connectivity index is 1.57. The molecule has 0 radical (unpaired) electrons. The summed E-state index contributed by atoms with van der Waals surface area (Å²) in [6, 6.07) is 23.2. The number of anilines is 1. The lowest BCUT2D eigenvalue weighted by Gasteiger charge is -2.10. The molecule has 0 aliphatic heterocycles. The maximum Gasteiger partial charge on any atom is 0.323 e. The number of aromatic nitrogens is 1. The molecule has 6 nitrogen and oxygen atoms in total. The van der Waals surface area contributed by atoms with Crippen LogP contribution in [0.1, 0.15) is 0 Å². The van der Waals surface area contributed by atoms with Crippen molar-refractivity contribution in [2.24, 2.45) is 0 Å². The molecule has 0 aliphatic carbocycles. The monoisotopic (exact) mass is 406 g/mol. The fourth-order valence-electron chi connectivity index (χ4n) is 3.22. The summed E-state index contributed by atoms with van der Waals surface area (Å²) in [5.74, 6) is -0.939. The average molecular weight is 406 g/mol. The van der Waals surface area contributed by atoms with Crippen LogP contribution in [0.15, 0.2) is 90.0 Å². The molecule has 0 unspecified atom stereocenters. The first-order valence-electron chi connectivity index (χ1n) is 8.91. The van der Waals surface area contributed by atoms with Crippen molar-refractivity contribution in [3.8, 4) is 11.1 Å². The van der Waals surface area contributed by atoms with Crippen LogP contribution in [0, 0.1) is 0 Å². The summed E-state index contributed by atoms with van der Waals surface area (Å²) in [5.41, 5.74) is 3.09. The van der Waals surface area contributed by atoms with Crippen LogP contribution in [0.4, 0.5) is 5.69 Å². The van der Waals surface area contributed by atoms with E-state index in [-0.39, 0.29) is 11.4 Å². The van der Waals surface area contributed by atoms with E-state index in [1.807, 2.05) is 30.3 Å². The Hall–Kier alpha value is -3.58. The fraction of sp³-hybridized carbons (Fsp3) is 0.0455. The molecule has 7 heteroatoms. The summed E-state index contributed by atoms with van der Waals surface area (Å²) in [7, 11) is -3.74. The number of fused-ring (bicyclic) bond motifs is 1. The summed E-state index contributed by atoms with van der Waals surface area (Å²) in [6.45, 7) is -0.150. The van der Waals surface area contributed by atoms with E-state index in [9.17, 15) is 13.2 Å². The molecule has 0 atom stereocenters. The SMILES string of the molecule is O=C(O)Cn1ccc2cc(NS(=O)(=O)c3ccc(-c4ccccc4)cc3)ccc21. The van der Waals surface area contributed by atoms with E-state index in [1.165, 1.54) is 0 Å². The highest BCUT2D eigenvalue weighted by Gasteiger charge is 2.15. The van der Waals surface area contributed by atoms with Crippen LogP contribution in [0.2, 0.25) is 0 Å². The minimum atomic E-state index is -3.74. The molecule has 0 bridgehead atoms. The molecule has 0 saturated heterocycles. The Morgan fingerprint density at radius 3 is 2.28 bits per heavy atom. The summed E-state index contributed by atoms with van der Waals surface area (Å²) in [5, 5.41) is 9.71. The average Bonchev–Trinajstić information content (AvgIpc) is 3.10. The molecule has 1 aromatic heterocycles. The zero-order valence-electron chi connectivity index (χ0n) is 15.3. The van der Waals surface area contributed by atoms with E-state index >= 15 is 0 Å². The van der Waals surface area contributed by atoms with Gasteiger partial charge in [-0.1, -0.05) is 42.5 Å². The molecule has 4 aromatic rings. The number of carbonyl (C=O) groups is 1. The van der Waals surface area contributed by atoms with Gasteiger partial charge in [0.1, 0.15) is 6.54 Å². The molecule has 0 saturated carbocycles. The smallest absolute Gasteiger partial charge is 0.323 e. The van der Waals surface area contributed by atoms with Gasteiger partial charge in [-0.25, -0.2) is 8.42 Å². The van der Waals surface area contributed by atoms with Gasteiger partial charge in [-0.3, -0.25) is 9.52 Å².